The van der Waals surface area contributed by atoms with E-state index in [1.807, 2.05) is 0 Å². The van der Waals surface area contributed by atoms with E-state index in [9.17, 15) is 18.0 Å². The van der Waals surface area contributed by atoms with E-state index >= 15 is 0 Å². The fourth-order valence-corrected chi connectivity index (χ4v) is 0.893. The van der Waals surface area contributed by atoms with E-state index < -0.39 is 28.0 Å². The fourth-order valence-electron chi connectivity index (χ4n) is 0.695. The van der Waals surface area contributed by atoms with Crippen molar-refractivity contribution in [3.05, 3.63) is 34.1 Å². The standard InChI is InChI=1S/C7H2ClF3O/c8-4-1-5(9)7(11)3(2-12)6(4)10/h1-2H. The summed E-state index contributed by atoms with van der Waals surface area (Å²) in [5.41, 5.74) is -0.986. The van der Waals surface area contributed by atoms with Gasteiger partial charge in [-0.1, -0.05) is 11.6 Å². The molecule has 0 aliphatic rings. The van der Waals surface area contributed by atoms with Crippen LogP contribution in [0.2, 0.25) is 5.02 Å². The zero-order chi connectivity index (χ0) is 9.30. The Balaban J connectivity index is 3.52. The van der Waals surface area contributed by atoms with Crippen LogP contribution in [0.4, 0.5) is 13.2 Å². The summed E-state index contributed by atoms with van der Waals surface area (Å²) in [6, 6.07) is 0.471. The fraction of sp³-hybridized carbons (Fsp3) is 0. The van der Waals surface area contributed by atoms with E-state index in [0.29, 0.717) is 6.07 Å². The molecule has 1 aromatic rings. The maximum Gasteiger partial charge on any atom is 0.172 e. The largest absolute Gasteiger partial charge is 0.298 e. The Morgan fingerprint density at radius 1 is 1.25 bits per heavy atom. The summed E-state index contributed by atoms with van der Waals surface area (Å²) < 4.78 is 37.6. The molecule has 1 rings (SSSR count). The molecule has 0 heterocycles. The molecule has 0 amide bonds. The molecule has 0 radical (unpaired) electrons. The van der Waals surface area contributed by atoms with Gasteiger partial charge in [0.1, 0.15) is 0 Å². The third-order valence-corrected chi connectivity index (χ3v) is 1.54. The van der Waals surface area contributed by atoms with Crippen LogP contribution in [0.15, 0.2) is 6.07 Å². The summed E-state index contributed by atoms with van der Waals surface area (Å²) in [6.07, 6.45) is -0.125. The zero-order valence-electron chi connectivity index (χ0n) is 5.57. The van der Waals surface area contributed by atoms with Gasteiger partial charge in [0.05, 0.1) is 10.6 Å². The van der Waals surface area contributed by atoms with Gasteiger partial charge < -0.3 is 0 Å². The quantitative estimate of drug-likeness (QED) is 0.496. The second-order valence-corrected chi connectivity index (χ2v) is 2.41. The van der Waals surface area contributed by atoms with Crippen molar-refractivity contribution in [2.24, 2.45) is 0 Å². The minimum absolute atomic E-state index is 0.125. The SMILES string of the molecule is O=Cc1c(F)c(F)cc(Cl)c1F. The first-order valence-corrected chi connectivity index (χ1v) is 3.24. The number of halogens is 4. The topological polar surface area (TPSA) is 17.1 Å². The number of rotatable bonds is 1. The molecular weight excluding hydrogens is 193 g/mol. The average molecular weight is 195 g/mol. The number of benzene rings is 1. The average Bonchev–Trinajstić information content (AvgIpc) is 2.02. The summed E-state index contributed by atoms with van der Waals surface area (Å²) in [5, 5.41) is -0.615. The summed E-state index contributed by atoms with van der Waals surface area (Å²) in [6.45, 7) is 0. The van der Waals surface area contributed by atoms with Crippen molar-refractivity contribution in [1.82, 2.24) is 0 Å². The number of carbonyl (C=O) groups is 1. The molecule has 0 bridgehead atoms. The third kappa shape index (κ3) is 1.30. The maximum absolute atomic E-state index is 12.7. The number of hydrogen-bond donors (Lipinski definition) is 0. The van der Waals surface area contributed by atoms with E-state index in [1.165, 1.54) is 0 Å². The Morgan fingerprint density at radius 3 is 2.33 bits per heavy atom. The predicted octanol–water partition coefficient (Wildman–Crippen LogP) is 2.57. The molecule has 5 heteroatoms. The lowest BCUT2D eigenvalue weighted by atomic mass is 10.2. The molecular formula is C7H2ClF3O. The lowest BCUT2D eigenvalue weighted by Crippen LogP contribution is -1.98. The first kappa shape index (κ1) is 9.06. The normalized spacial score (nSPS) is 10.0. The molecule has 0 aliphatic carbocycles. The second kappa shape index (κ2) is 3.15. The van der Waals surface area contributed by atoms with Gasteiger partial charge in [0.2, 0.25) is 0 Å². The Morgan fingerprint density at radius 2 is 1.83 bits per heavy atom. The van der Waals surface area contributed by atoms with E-state index in [4.69, 9.17) is 11.6 Å². The van der Waals surface area contributed by atoms with E-state index in [1.54, 1.807) is 0 Å². The third-order valence-electron chi connectivity index (χ3n) is 1.26. The van der Waals surface area contributed by atoms with Crippen LogP contribution in [0.1, 0.15) is 10.4 Å². The molecule has 0 saturated heterocycles. The molecule has 0 unspecified atom stereocenters. The van der Waals surface area contributed by atoms with Crippen molar-refractivity contribution >= 4 is 17.9 Å². The Labute approximate surface area is 70.8 Å². The van der Waals surface area contributed by atoms with Gasteiger partial charge in [-0.05, 0) is 6.07 Å². The number of hydrogen-bond acceptors (Lipinski definition) is 1. The van der Waals surface area contributed by atoms with Crippen LogP contribution in [0.5, 0.6) is 0 Å². The van der Waals surface area contributed by atoms with Crippen LogP contribution >= 0.6 is 11.6 Å². The van der Waals surface area contributed by atoms with Gasteiger partial charge in [-0.25, -0.2) is 13.2 Å². The highest BCUT2D eigenvalue weighted by molar-refractivity contribution is 6.31. The van der Waals surface area contributed by atoms with Crippen molar-refractivity contribution in [1.29, 1.82) is 0 Å². The lowest BCUT2D eigenvalue weighted by molar-refractivity contribution is 0.111. The molecule has 0 N–H and O–H groups in total. The predicted molar refractivity (Wildman–Crippen MR) is 36.7 cm³/mol. The summed E-state index contributed by atoms with van der Waals surface area (Å²) in [5.74, 6) is -4.11. The van der Waals surface area contributed by atoms with Crippen LogP contribution in [-0.2, 0) is 0 Å². The molecule has 64 valence electrons. The minimum atomic E-state index is -1.52. The highest BCUT2D eigenvalue weighted by Crippen LogP contribution is 2.22. The van der Waals surface area contributed by atoms with Crippen LogP contribution in [-0.4, -0.2) is 6.29 Å². The Bertz CT molecular complexity index is 312. The van der Waals surface area contributed by atoms with Gasteiger partial charge in [0, 0.05) is 0 Å². The lowest BCUT2D eigenvalue weighted by Gasteiger charge is -1.99. The van der Waals surface area contributed by atoms with E-state index in [2.05, 4.69) is 0 Å². The first-order chi connectivity index (χ1) is 5.57. The summed E-state index contributed by atoms with van der Waals surface area (Å²) in [4.78, 5) is 10.0. The zero-order valence-corrected chi connectivity index (χ0v) is 6.33. The van der Waals surface area contributed by atoms with Crippen LogP contribution in [0, 0.1) is 17.5 Å². The van der Waals surface area contributed by atoms with Crippen molar-refractivity contribution in [3.63, 3.8) is 0 Å². The highest BCUT2D eigenvalue weighted by atomic mass is 35.5. The molecule has 0 atom stereocenters. The van der Waals surface area contributed by atoms with Gasteiger partial charge in [0.15, 0.2) is 23.7 Å². The Hall–Kier alpha value is -1.03. The van der Waals surface area contributed by atoms with Gasteiger partial charge in [-0.15, -0.1) is 0 Å². The molecule has 0 fully saturated rings. The number of carbonyl (C=O) groups excluding carboxylic acids is 1. The summed E-state index contributed by atoms with van der Waals surface area (Å²) >= 11 is 5.13. The summed E-state index contributed by atoms with van der Waals surface area (Å²) in [7, 11) is 0. The van der Waals surface area contributed by atoms with Crippen molar-refractivity contribution < 1.29 is 18.0 Å². The molecule has 0 aromatic heterocycles. The van der Waals surface area contributed by atoms with Crippen molar-refractivity contribution in [2.75, 3.05) is 0 Å². The monoisotopic (exact) mass is 194 g/mol. The molecule has 12 heavy (non-hydrogen) atoms. The maximum atomic E-state index is 12.7. The van der Waals surface area contributed by atoms with Crippen LogP contribution < -0.4 is 0 Å². The van der Waals surface area contributed by atoms with Crippen molar-refractivity contribution in [3.8, 4) is 0 Å². The molecule has 0 saturated carbocycles. The first-order valence-electron chi connectivity index (χ1n) is 2.86. The van der Waals surface area contributed by atoms with Crippen LogP contribution in [0.25, 0.3) is 0 Å². The molecule has 0 aliphatic heterocycles. The van der Waals surface area contributed by atoms with E-state index in [0.717, 1.165) is 0 Å². The minimum Gasteiger partial charge on any atom is -0.298 e. The molecule has 0 spiro atoms. The molecule has 1 nitrogen and oxygen atoms in total. The Kier molecular flexibility index (Phi) is 2.38. The van der Waals surface area contributed by atoms with Crippen LogP contribution in [0.3, 0.4) is 0 Å². The highest BCUT2D eigenvalue weighted by Gasteiger charge is 2.16. The van der Waals surface area contributed by atoms with Crippen molar-refractivity contribution in [2.45, 2.75) is 0 Å². The van der Waals surface area contributed by atoms with Gasteiger partial charge in [-0.2, -0.15) is 0 Å². The molecule has 1 aromatic carbocycles. The van der Waals surface area contributed by atoms with Gasteiger partial charge >= 0.3 is 0 Å². The second-order valence-electron chi connectivity index (χ2n) is 2.00. The van der Waals surface area contributed by atoms with E-state index in [-0.39, 0.29) is 6.29 Å². The van der Waals surface area contributed by atoms with Gasteiger partial charge in [-0.3, -0.25) is 4.79 Å². The smallest absolute Gasteiger partial charge is 0.172 e. The number of aldehydes is 1. The van der Waals surface area contributed by atoms with Gasteiger partial charge in [0.25, 0.3) is 0 Å².